The van der Waals surface area contributed by atoms with E-state index in [1.807, 2.05) is 76.2 Å². The minimum absolute atomic E-state index is 0.216. The predicted octanol–water partition coefficient (Wildman–Crippen LogP) is 3.67. The molecule has 2 aromatic carbocycles. The van der Waals surface area contributed by atoms with Gasteiger partial charge in [0.2, 0.25) is 5.91 Å². The fourth-order valence-corrected chi connectivity index (χ4v) is 2.56. The van der Waals surface area contributed by atoms with Crippen molar-refractivity contribution in [1.29, 1.82) is 0 Å². The van der Waals surface area contributed by atoms with Gasteiger partial charge in [0.25, 0.3) is 0 Å². The lowest BCUT2D eigenvalue weighted by atomic mass is 9.90. The van der Waals surface area contributed by atoms with Crippen molar-refractivity contribution in [2.45, 2.75) is 38.9 Å². The molecule has 24 heavy (non-hydrogen) atoms. The van der Waals surface area contributed by atoms with Crippen LogP contribution in [-0.4, -0.2) is 24.4 Å². The van der Waals surface area contributed by atoms with E-state index in [0.717, 1.165) is 11.1 Å². The molecule has 0 unspecified atom stereocenters. The Bertz CT molecular complexity index is 727. The zero-order valence-corrected chi connectivity index (χ0v) is 14.5. The summed E-state index contributed by atoms with van der Waals surface area (Å²) in [5.74, 6) is -0.216. The molecule has 124 valence electrons. The second-order valence-electron chi connectivity index (χ2n) is 7.01. The van der Waals surface area contributed by atoms with E-state index in [4.69, 9.17) is 9.31 Å². The second kappa shape index (κ2) is 6.08. The minimum Gasteiger partial charge on any atom is -0.384 e. The quantitative estimate of drug-likeness (QED) is 0.877. The standard InChI is InChI=1S/C19H22BNO3/c1-18(2)19(3,4)24-20(23-18)21-17(22)16-12-8-11-15(13-16)14-9-6-5-7-10-14/h5-13H,1-4H3,(H,21,22). The number of nitrogens with one attached hydrogen (secondary N) is 1. The largest absolute Gasteiger partial charge is 0.594 e. The van der Waals surface area contributed by atoms with Crippen molar-refractivity contribution < 1.29 is 14.1 Å². The molecule has 0 aliphatic carbocycles. The van der Waals surface area contributed by atoms with Crippen LogP contribution in [0.2, 0.25) is 0 Å². The summed E-state index contributed by atoms with van der Waals surface area (Å²) in [6.45, 7) is 7.81. The first-order valence-electron chi connectivity index (χ1n) is 8.10. The lowest BCUT2D eigenvalue weighted by Gasteiger charge is -2.32. The van der Waals surface area contributed by atoms with Gasteiger partial charge >= 0.3 is 7.25 Å². The molecule has 1 N–H and O–H groups in total. The van der Waals surface area contributed by atoms with Crippen LogP contribution in [0.3, 0.4) is 0 Å². The normalized spacial score (nSPS) is 18.4. The number of hydrogen-bond donors (Lipinski definition) is 1. The molecule has 2 aromatic rings. The molecule has 4 nitrogen and oxygen atoms in total. The molecule has 1 fully saturated rings. The highest BCUT2D eigenvalue weighted by Crippen LogP contribution is 2.35. The number of hydrogen-bond acceptors (Lipinski definition) is 3. The van der Waals surface area contributed by atoms with Crippen LogP contribution in [0.25, 0.3) is 11.1 Å². The van der Waals surface area contributed by atoms with Crippen LogP contribution >= 0.6 is 0 Å². The Hall–Kier alpha value is -2.11. The van der Waals surface area contributed by atoms with E-state index >= 15 is 0 Å². The number of carbonyl (C=O) groups is 1. The van der Waals surface area contributed by atoms with Crippen LogP contribution in [0.15, 0.2) is 54.6 Å². The van der Waals surface area contributed by atoms with Crippen molar-refractivity contribution in [1.82, 2.24) is 5.23 Å². The molecule has 1 aliphatic rings. The Morgan fingerprint density at radius 1 is 0.875 bits per heavy atom. The van der Waals surface area contributed by atoms with Crippen molar-refractivity contribution >= 4 is 13.2 Å². The third-order valence-corrected chi connectivity index (χ3v) is 4.73. The molecule has 1 amide bonds. The van der Waals surface area contributed by atoms with Crippen LogP contribution in [0.4, 0.5) is 0 Å². The zero-order valence-electron chi connectivity index (χ0n) is 14.5. The molecule has 1 heterocycles. The topological polar surface area (TPSA) is 47.6 Å². The lowest BCUT2D eigenvalue weighted by molar-refractivity contribution is 0.00578. The molecule has 5 heteroatoms. The molecule has 0 spiro atoms. The molecule has 0 radical (unpaired) electrons. The number of rotatable bonds is 3. The lowest BCUT2D eigenvalue weighted by Crippen LogP contribution is -2.41. The summed E-state index contributed by atoms with van der Waals surface area (Å²) < 4.78 is 11.6. The van der Waals surface area contributed by atoms with E-state index in [0.29, 0.717) is 5.56 Å². The van der Waals surface area contributed by atoms with Crippen LogP contribution in [0, 0.1) is 0 Å². The molecule has 0 bridgehead atoms. The molecule has 0 atom stereocenters. The van der Waals surface area contributed by atoms with Gasteiger partial charge in [-0.3, -0.25) is 4.79 Å². The van der Waals surface area contributed by atoms with Crippen molar-refractivity contribution in [3.05, 3.63) is 60.2 Å². The van der Waals surface area contributed by atoms with Gasteiger partial charge in [-0.25, -0.2) is 0 Å². The van der Waals surface area contributed by atoms with E-state index in [9.17, 15) is 4.79 Å². The van der Waals surface area contributed by atoms with E-state index in [1.54, 1.807) is 6.07 Å². The molecule has 1 aliphatic heterocycles. The molecular formula is C19H22BNO3. The highest BCUT2D eigenvalue weighted by atomic mass is 16.7. The summed E-state index contributed by atoms with van der Waals surface area (Å²) in [6.07, 6.45) is 0. The number of amides is 1. The summed E-state index contributed by atoms with van der Waals surface area (Å²) >= 11 is 0. The van der Waals surface area contributed by atoms with E-state index in [2.05, 4.69) is 5.23 Å². The second-order valence-corrected chi connectivity index (χ2v) is 7.01. The fraction of sp³-hybridized carbons (Fsp3) is 0.316. The maximum Gasteiger partial charge on any atom is 0.594 e. The molecule has 0 saturated carbocycles. The van der Waals surface area contributed by atoms with E-state index < -0.39 is 18.5 Å². The summed E-state index contributed by atoms with van der Waals surface area (Å²) in [5, 5.41) is 2.80. The van der Waals surface area contributed by atoms with Gasteiger partial charge in [-0.15, -0.1) is 0 Å². The van der Waals surface area contributed by atoms with E-state index in [1.165, 1.54) is 0 Å². The third kappa shape index (κ3) is 3.23. The number of benzene rings is 2. The first-order chi connectivity index (χ1) is 11.3. The van der Waals surface area contributed by atoms with Crippen LogP contribution in [-0.2, 0) is 9.31 Å². The molecule has 0 aromatic heterocycles. The Morgan fingerprint density at radius 3 is 2.08 bits per heavy atom. The predicted molar refractivity (Wildman–Crippen MR) is 95.4 cm³/mol. The van der Waals surface area contributed by atoms with Crippen LogP contribution < -0.4 is 5.23 Å². The van der Waals surface area contributed by atoms with Crippen LogP contribution in [0.5, 0.6) is 0 Å². The summed E-state index contributed by atoms with van der Waals surface area (Å²) in [4.78, 5) is 12.5. The van der Waals surface area contributed by atoms with Gasteiger partial charge < -0.3 is 14.5 Å². The smallest absolute Gasteiger partial charge is 0.384 e. The van der Waals surface area contributed by atoms with Gasteiger partial charge in [-0.1, -0.05) is 42.5 Å². The maximum absolute atomic E-state index is 12.5. The average Bonchev–Trinajstić information content (AvgIpc) is 2.75. The van der Waals surface area contributed by atoms with Gasteiger partial charge in [0, 0.05) is 5.56 Å². The van der Waals surface area contributed by atoms with Gasteiger partial charge in [0.15, 0.2) is 0 Å². The van der Waals surface area contributed by atoms with Gasteiger partial charge in [-0.05, 0) is 51.0 Å². The first-order valence-corrected chi connectivity index (χ1v) is 8.10. The highest BCUT2D eigenvalue weighted by molar-refractivity contribution is 6.47. The van der Waals surface area contributed by atoms with Gasteiger partial charge in [-0.2, -0.15) is 0 Å². The molecular weight excluding hydrogens is 301 g/mol. The third-order valence-electron chi connectivity index (χ3n) is 4.73. The Labute approximate surface area is 143 Å². The molecule has 1 saturated heterocycles. The minimum atomic E-state index is -0.747. The first kappa shape index (κ1) is 16.7. The average molecular weight is 323 g/mol. The Morgan fingerprint density at radius 2 is 1.46 bits per heavy atom. The van der Waals surface area contributed by atoms with Crippen molar-refractivity contribution in [3.63, 3.8) is 0 Å². The van der Waals surface area contributed by atoms with Crippen molar-refractivity contribution in [2.75, 3.05) is 0 Å². The summed E-state index contributed by atoms with van der Waals surface area (Å²) in [7, 11) is -0.747. The maximum atomic E-state index is 12.5. The Balaban J connectivity index is 1.75. The zero-order chi connectivity index (χ0) is 17.4. The summed E-state index contributed by atoms with van der Waals surface area (Å²) in [6, 6.07) is 17.5. The highest BCUT2D eigenvalue weighted by Gasteiger charge is 2.52. The monoisotopic (exact) mass is 323 g/mol. The molecule has 3 rings (SSSR count). The van der Waals surface area contributed by atoms with Crippen LogP contribution in [0.1, 0.15) is 38.1 Å². The Kier molecular flexibility index (Phi) is 4.24. The summed E-state index contributed by atoms with van der Waals surface area (Å²) in [5.41, 5.74) is 1.69. The number of carbonyl (C=O) groups excluding carboxylic acids is 1. The SMILES string of the molecule is CC1(C)OB(NC(=O)c2cccc(-c3ccccc3)c2)OC1(C)C. The fourth-order valence-electron chi connectivity index (χ4n) is 2.56. The van der Waals surface area contributed by atoms with Crippen molar-refractivity contribution in [2.24, 2.45) is 0 Å². The van der Waals surface area contributed by atoms with Gasteiger partial charge in [0.05, 0.1) is 11.2 Å². The van der Waals surface area contributed by atoms with Gasteiger partial charge in [0.1, 0.15) is 0 Å². The van der Waals surface area contributed by atoms with E-state index in [-0.39, 0.29) is 5.91 Å². The van der Waals surface area contributed by atoms with Crippen molar-refractivity contribution in [3.8, 4) is 11.1 Å².